The summed E-state index contributed by atoms with van der Waals surface area (Å²) in [7, 11) is 1.58. The molecule has 0 radical (unpaired) electrons. The van der Waals surface area contributed by atoms with Gasteiger partial charge in [0.15, 0.2) is 5.78 Å². The van der Waals surface area contributed by atoms with Gasteiger partial charge >= 0.3 is 0 Å². The Kier molecular flexibility index (Phi) is 9.43. The van der Waals surface area contributed by atoms with Crippen molar-refractivity contribution in [3.8, 4) is 5.75 Å². The number of Topliss-reactive ketones (excluding diaryl/α,β-unsaturated/α-hetero) is 1. The molecule has 5 rings (SSSR count). The van der Waals surface area contributed by atoms with E-state index in [1.54, 1.807) is 33.1 Å². The van der Waals surface area contributed by atoms with E-state index < -0.39 is 35.5 Å². The lowest BCUT2D eigenvalue weighted by atomic mass is 9.91. The molecule has 11 nitrogen and oxygen atoms in total. The largest absolute Gasteiger partial charge is 0.497 e. The van der Waals surface area contributed by atoms with Crippen molar-refractivity contribution < 1.29 is 33.4 Å². The second kappa shape index (κ2) is 12.9. The Morgan fingerprint density at radius 2 is 1.70 bits per heavy atom. The smallest absolute Gasteiger partial charge is 0.243 e. The molecule has 3 N–H and O–H groups in total. The van der Waals surface area contributed by atoms with Crippen molar-refractivity contribution in [2.24, 2.45) is 17.3 Å². The number of fused-ring (bicyclic) bond motifs is 1. The zero-order valence-corrected chi connectivity index (χ0v) is 25.8. The average molecular weight is 599 g/mol. The van der Waals surface area contributed by atoms with Crippen molar-refractivity contribution >= 4 is 23.5 Å². The maximum absolute atomic E-state index is 13.9. The van der Waals surface area contributed by atoms with Crippen LogP contribution >= 0.6 is 0 Å². The molecule has 4 aliphatic rings. The molecule has 7 atom stereocenters. The Morgan fingerprint density at radius 1 is 1.02 bits per heavy atom. The van der Waals surface area contributed by atoms with Crippen molar-refractivity contribution in [1.29, 1.82) is 0 Å². The van der Waals surface area contributed by atoms with E-state index in [4.69, 9.17) is 14.2 Å². The van der Waals surface area contributed by atoms with Gasteiger partial charge in [-0.15, -0.1) is 0 Å². The first-order chi connectivity index (χ1) is 20.5. The normalized spacial score (nSPS) is 29.9. The lowest BCUT2D eigenvalue weighted by molar-refractivity contribution is -0.134. The van der Waals surface area contributed by atoms with Crippen molar-refractivity contribution in [2.45, 2.75) is 76.6 Å². The van der Waals surface area contributed by atoms with Crippen molar-refractivity contribution in [3.05, 3.63) is 29.8 Å². The summed E-state index contributed by atoms with van der Waals surface area (Å²) < 4.78 is 16.1. The van der Waals surface area contributed by atoms with Crippen LogP contribution in [-0.4, -0.2) is 98.7 Å². The van der Waals surface area contributed by atoms with Gasteiger partial charge in [-0.25, -0.2) is 0 Å². The molecule has 0 aromatic heterocycles. The van der Waals surface area contributed by atoms with Gasteiger partial charge in [0.05, 0.1) is 39.5 Å². The molecule has 43 heavy (non-hydrogen) atoms. The first-order valence-electron chi connectivity index (χ1n) is 15.5. The molecule has 236 valence electrons. The Labute approximate surface area is 253 Å². The number of ketones is 1. The maximum atomic E-state index is 13.9. The van der Waals surface area contributed by atoms with E-state index in [1.165, 1.54) is 6.42 Å². The molecular weight excluding hydrogens is 552 g/mol. The van der Waals surface area contributed by atoms with Crippen LogP contribution in [0, 0.1) is 17.3 Å². The van der Waals surface area contributed by atoms with Crippen LogP contribution in [0.25, 0.3) is 0 Å². The molecule has 2 heterocycles. The maximum Gasteiger partial charge on any atom is 0.243 e. The Balaban J connectivity index is 1.26. The van der Waals surface area contributed by atoms with E-state index in [2.05, 4.69) is 22.9 Å². The van der Waals surface area contributed by atoms with Gasteiger partial charge < -0.3 is 30.2 Å². The summed E-state index contributed by atoms with van der Waals surface area (Å²) in [5, 5.41) is 8.60. The topological polar surface area (TPSA) is 139 Å². The number of nitrogens with zero attached hydrogens (tertiary/aromatic N) is 1. The summed E-state index contributed by atoms with van der Waals surface area (Å²) in [5.41, 5.74) is 0.173. The Hall–Kier alpha value is -3.02. The van der Waals surface area contributed by atoms with Gasteiger partial charge in [-0.2, -0.15) is 0 Å². The zero-order chi connectivity index (χ0) is 30.8. The molecule has 2 saturated heterocycles. The first kappa shape index (κ1) is 31.4. The Morgan fingerprint density at radius 3 is 2.30 bits per heavy atom. The molecule has 1 aromatic rings. The van der Waals surface area contributed by atoms with Gasteiger partial charge in [-0.05, 0) is 68.1 Å². The first-order valence-corrected chi connectivity index (χ1v) is 15.5. The third kappa shape index (κ3) is 7.38. The summed E-state index contributed by atoms with van der Waals surface area (Å²) in [6.45, 7) is 8.61. The number of hydrogen-bond donors (Lipinski definition) is 3. The molecule has 4 fully saturated rings. The Bertz CT molecular complexity index is 1200. The number of carbonyl (C=O) groups is 4. The summed E-state index contributed by atoms with van der Waals surface area (Å²) >= 11 is 0. The highest BCUT2D eigenvalue weighted by Crippen LogP contribution is 2.69. The molecule has 2 aliphatic heterocycles. The van der Waals surface area contributed by atoms with Crippen LogP contribution in [0.5, 0.6) is 5.75 Å². The van der Waals surface area contributed by atoms with Crippen molar-refractivity contribution in [2.75, 3.05) is 46.6 Å². The SMILES string of the molecule is COc1ccc(C[C@H](NC(=O)[C@H](C)NC(=O)CN2CCOCC2)C(=O)N[C@@H](C[C@@H]2[C@@H]3CCCC23C)C(=O)[C@@]2(C)CO2)cc1. The second-order valence-electron chi connectivity index (χ2n) is 13.1. The number of hydrogen-bond acceptors (Lipinski definition) is 8. The number of rotatable bonds is 14. The fourth-order valence-electron chi connectivity index (χ4n) is 7.00. The van der Waals surface area contributed by atoms with Gasteiger partial charge in [-0.1, -0.05) is 25.5 Å². The minimum atomic E-state index is -0.961. The van der Waals surface area contributed by atoms with Gasteiger partial charge in [0.25, 0.3) is 0 Å². The fraction of sp³-hybridized carbons (Fsp3) is 0.688. The van der Waals surface area contributed by atoms with E-state index in [0.717, 1.165) is 18.4 Å². The van der Waals surface area contributed by atoms with E-state index in [9.17, 15) is 19.2 Å². The predicted molar refractivity (Wildman–Crippen MR) is 158 cm³/mol. The molecule has 0 spiro atoms. The van der Waals surface area contributed by atoms with Gasteiger partial charge in [0.1, 0.15) is 23.4 Å². The number of carbonyl (C=O) groups excluding carboxylic acids is 4. The number of methoxy groups -OCH3 is 1. The number of epoxide rings is 1. The number of amides is 3. The molecule has 1 aromatic carbocycles. The monoisotopic (exact) mass is 598 g/mol. The highest BCUT2D eigenvalue weighted by molar-refractivity contribution is 5.98. The molecule has 2 saturated carbocycles. The minimum Gasteiger partial charge on any atom is -0.497 e. The van der Waals surface area contributed by atoms with Crippen LogP contribution < -0.4 is 20.7 Å². The van der Waals surface area contributed by atoms with Crippen LogP contribution in [0.15, 0.2) is 24.3 Å². The number of nitrogens with one attached hydrogen (secondary N) is 3. The number of morpholine rings is 1. The molecule has 0 bridgehead atoms. The van der Waals surface area contributed by atoms with E-state index in [-0.39, 0.29) is 30.1 Å². The summed E-state index contributed by atoms with van der Waals surface area (Å²) in [6.07, 6.45) is 4.29. The van der Waals surface area contributed by atoms with E-state index in [0.29, 0.717) is 56.9 Å². The number of benzene rings is 1. The summed E-state index contributed by atoms with van der Waals surface area (Å²) in [5.74, 6) is 0.346. The van der Waals surface area contributed by atoms with E-state index in [1.807, 2.05) is 17.0 Å². The molecule has 3 amide bonds. The van der Waals surface area contributed by atoms with Crippen LogP contribution in [-0.2, 0) is 35.1 Å². The lowest BCUT2D eigenvalue weighted by Gasteiger charge is -2.27. The fourth-order valence-corrected chi connectivity index (χ4v) is 7.00. The quantitative estimate of drug-likeness (QED) is 0.272. The second-order valence-corrected chi connectivity index (χ2v) is 13.1. The van der Waals surface area contributed by atoms with Crippen LogP contribution in [0.3, 0.4) is 0 Å². The third-order valence-corrected chi connectivity index (χ3v) is 10.00. The average Bonchev–Trinajstić information content (AvgIpc) is 3.82. The van der Waals surface area contributed by atoms with Gasteiger partial charge in [0, 0.05) is 19.5 Å². The standard InChI is InChI=1S/C32H46N4O7/c1-20(33-27(37)18-36-12-14-42-15-13-36)29(39)35-26(16-21-7-9-22(41-4)10-8-21)30(40)34-25(28(38)32(3)19-43-32)17-24-23-6-5-11-31(23,24)2/h7-10,20,23-26H,5-6,11-19H2,1-4H3,(H,33,37)(H,34,40)(H,35,39)/t20-,23-,24+,25-,26-,31?,32+/m0/s1. The van der Waals surface area contributed by atoms with Crippen molar-refractivity contribution in [3.63, 3.8) is 0 Å². The van der Waals surface area contributed by atoms with Gasteiger partial charge in [0.2, 0.25) is 17.7 Å². The van der Waals surface area contributed by atoms with E-state index >= 15 is 0 Å². The van der Waals surface area contributed by atoms with Crippen molar-refractivity contribution in [1.82, 2.24) is 20.9 Å². The minimum absolute atomic E-state index is 0.118. The zero-order valence-electron chi connectivity index (χ0n) is 25.8. The lowest BCUT2D eigenvalue weighted by Crippen LogP contribution is -2.57. The molecule has 1 unspecified atom stereocenters. The molecule has 2 aliphatic carbocycles. The highest BCUT2D eigenvalue weighted by Gasteiger charge is 2.64. The molecular formula is C32H46N4O7. The summed E-state index contributed by atoms with van der Waals surface area (Å²) in [6, 6.07) is 4.75. The molecule has 11 heteroatoms. The summed E-state index contributed by atoms with van der Waals surface area (Å²) in [4.78, 5) is 55.2. The number of ether oxygens (including phenoxy) is 3. The van der Waals surface area contributed by atoms with Crippen LogP contribution in [0.2, 0.25) is 0 Å². The predicted octanol–water partition coefficient (Wildman–Crippen LogP) is 1.23. The van der Waals surface area contributed by atoms with Crippen LogP contribution in [0.4, 0.5) is 0 Å². The van der Waals surface area contributed by atoms with Crippen LogP contribution in [0.1, 0.15) is 52.0 Å². The van der Waals surface area contributed by atoms with Gasteiger partial charge in [-0.3, -0.25) is 24.1 Å². The highest BCUT2D eigenvalue weighted by atomic mass is 16.6. The third-order valence-electron chi connectivity index (χ3n) is 10.00.